The van der Waals surface area contributed by atoms with Crippen molar-refractivity contribution < 1.29 is 44.1 Å². The topological polar surface area (TPSA) is 127 Å². The van der Waals surface area contributed by atoms with Gasteiger partial charge in [-0.15, -0.1) is 0 Å². The van der Waals surface area contributed by atoms with Gasteiger partial charge in [0.05, 0.1) is 32.0 Å². The summed E-state index contributed by atoms with van der Waals surface area (Å²) in [5, 5.41) is 45.8. The van der Waals surface area contributed by atoms with Gasteiger partial charge in [0.25, 0.3) is 0 Å². The highest BCUT2D eigenvalue weighted by atomic mass is 16.5. The van der Waals surface area contributed by atoms with Crippen molar-refractivity contribution in [3.05, 3.63) is 94.5 Å². The van der Waals surface area contributed by atoms with Gasteiger partial charge in [-0.1, -0.05) is 19.1 Å². The lowest BCUT2D eigenvalue weighted by Crippen LogP contribution is -2.46. The van der Waals surface area contributed by atoms with E-state index in [1.165, 1.54) is 0 Å². The number of rotatable bonds is 12. The lowest BCUT2D eigenvalue weighted by molar-refractivity contribution is -0.0889. The Bertz CT molecular complexity index is 1870. The summed E-state index contributed by atoms with van der Waals surface area (Å²) in [5.41, 5.74) is 5.44. The van der Waals surface area contributed by atoms with Gasteiger partial charge in [0, 0.05) is 48.7 Å². The molecule has 3 aliphatic rings. The van der Waals surface area contributed by atoms with E-state index in [0.29, 0.717) is 60.0 Å². The molecule has 0 aromatic heterocycles. The van der Waals surface area contributed by atoms with Crippen LogP contribution >= 0.6 is 0 Å². The number of aryl methyl sites for hydroxylation is 1. The van der Waals surface area contributed by atoms with Crippen molar-refractivity contribution in [2.75, 3.05) is 27.4 Å². The van der Waals surface area contributed by atoms with E-state index in [4.69, 9.17) is 23.7 Å². The second-order valence-electron chi connectivity index (χ2n) is 14.4. The number of benzene rings is 4. The average Bonchev–Trinajstić information content (AvgIpc) is 3.66. The predicted molar refractivity (Wildman–Crippen MR) is 198 cm³/mol. The van der Waals surface area contributed by atoms with Crippen LogP contribution in [0.4, 0.5) is 0 Å². The molecule has 0 saturated heterocycles. The number of ether oxygens (including phenoxy) is 5. The number of phenols is 2. The Balaban J connectivity index is 1.29. The minimum absolute atomic E-state index is 0.0873. The molecule has 9 heteroatoms. The number of fused-ring (bicyclic) bond motifs is 2. The molecule has 52 heavy (non-hydrogen) atoms. The van der Waals surface area contributed by atoms with Crippen LogP contribution in [0.2, 0.25) is 0 Å². The summed E-state index contributed by atoms with van der Waals surface area (Å²) in [6.07, 6.45) is 4.33. The first-order chi connectivity index (χ1) is 25.3. The van der Waals surface area contributed by atoms with Crippen molar-refractivity contribution in [3.63, 3.8) is 0 Å². The molecule has 9 nitrogen and oxygen atoms in total. The number of methoxy groups -OCH3 is 2. The highest BCUT2D eigenvalue weighted by Crippen LogP contribution is 2.51. The Morgan fingerprint density at radius 1 is 0.827 bits per heavy atom. The molecule has 0 amide bonds. The smallest absolute Gasteiger partial charge is 0.128 e. The van der Waals surface area contributed by atoms with E-state index in [1.54, 1.807) is 38.5 Å². The van der Waals surface area contributed by atoms with E-state index in [0.717, 1.165) is 59.9 Å². The third-order valence-electron chi connectivity index (χ3n) is 11.1. The summed E-state index contributed by atoms with van der Waals surface area (Å²) in [4.78, 5) is 0. The Hall–Kier alpha value is -4.44. The van der Waals surface area contributed by atoms with Crippen molar-refractivity contribution in [2.24, 2.45) is 11.8 Å². The number of phenolic OH excluding ortho intramolecular Hbond substituents is 2. The van der Waals surface area contributed by atoms with Crippen molar-refractivity contribution in [3.8, 4) is 45.6 Å². The van der Waals surface area contributed by atoms with Crippen LogP contribution in [0.25, 0.3) is 11.1 Å². The molecule has 4 aromatic carbocycles. The lowest BCUT2D eigenvalue weighted by atomic mass is 9.72. The van der Waals surface area contributed by atoms with Gasteiger partial charge in [0.1, 0.15) is 40.6 Å². The van der Waals surface area contributed by atoms with Gasteiger partial charge in [0.2, 0.25) is 0 Å². The molecular formula is C43H50O9. The van der Waals surface area contributed by atoms with E-state index in [9.17, 15) is 20.4 Å². The second-order valence-corrected chi connectivity index (χ2v) is 14.4. The summed E-state index contributed by atoms with van der Waals surface area (Å²) in [7, 11) is 3.26. The third-order valence-corrected chi connectivity index (χ3v) is 11.1. The Labute approximate surface area is 305 Å². The van der Waals surface area contributed by atoms with Crippen LogP contribution in [-0.2, 0) is 17.6 Å². The molecule has 0 unspecified atom stereocenters. The van der Waals surface area contributed by atoms with Crippen molar-refractivity contribution >= 4 is 0 Å². The monoisotopic (exact) mass is 710 g/mol. The standard InChI is InChI=1S/C43H50O9/c1-4-25-20-33(26-9-7-10-29(44)18-26)27(21-37(25)45)17-28-19-32(51-30-11-5-6-12-30)23-35-41(46)36(24-50-43(28)35)40-39(13-8-16-48-2)52-38-15-14-31(49-3)22-34(38)42(40)47/h7,9-10,14-15,18-23,30,36,39-42,44-47H,4-6,8,11-13,16-17,24H2,1-3H3/t36-,39-,40-,41-,42+/m1/s1. The van der Waals surface area contributed by atoms with E-state index in [2.05, 4.69) is 0 Å². The van der Waals surface area contributed by atoms with Gasteiger partial charge in [-0.25, -0.2) is 0 Å². The summed E-state index contributed by atoms with van der Waals surface area (Å²) >= 11 is 0. The minimum Gasteiger partial charge on any atom is -0.508 e. The predicted octanol–water partition coefficient (Wildman–Crippen LogP) is 7.83. The second kappa shape index (κ2) is 15.7. The molecule has 0 spiro atoms. The molecule has 1 saturated carbocycles. The summed E-state index contributed by atoms with van der Waals surface area (Å²) in [6.45, 7) is 2.71. The fourth-order valence-corrected chi connectivity index (χ4v) is 8.39. The first kappa shape index (κ1) is 35.9. The van der Waals surface area contributed by atoms with Gasteiger partial charge in [-0.3, -0.25) is 0 Å². The van der Waals surface area contributed by atoms with Gasteiger partial charge >= 0.3 is 0 Å². The van der Waals surface area contributed by atoms with Crippen molar-refractivity contribution in [1.82, 2.24) is 0 Å². The summed E-state index contributed by atoms with van der Waals surface area (Å²) in [5.74, 6) is 1.83. The van der Waals surface area contributed by atoms with E-state index in [1.807, 2.05) is 49.4 Å². The van der Waals surface area contributed by atoms with Gasteiger partial charge in [0.15, 0.2) is 0 Å². The Kier molecular flexibility index (Phi) is 10.8. The third kappa shape index (κ3) is 7.27. The molecule has 0 radical (unpaired) electrons. The van der Waals surface area contributed by atoms with Crippen LogP contribution in [0.3, 0.4) is 0 Å². The van der Waals surface area contributed by atoms with E-state index >= 15 is 0 Å². The molecule has 4 N–H and O–H groups in total. The van der Waals surface area contributed by atoms with Crippen LogP contribution in [0.1, 0.15) is 85.5 Å². The van der Waals surface area contributed by atoms with Gasteiger partial charge in [-0.05, 0) is 122 Å². The first-order valence-electron chi connectivity index (χ1n) is 18.6. The van der Waals surface area contributed by atoms with Crippen molar-refractivity contribution in [2.45, 2.75) is 82.7 Å². The number of aliphatic hydroxyl groups excluding tert-OH is 2. The molecule has 276 valence electrons. The minimum atomic E-state index is -0.989. The summed E-state index contributed by atoms with van der Waals surface area (Å²) < 4.78 is 30.6. The average molecular weight is 711 g/mol. The molecule has 5 atom stereocenters. The van der Waals surface area contributed by atoms with Gasteiger partial charge in [-0.2, -0.15) is 0 Å². The van der Waals surface area contributed by atoms with Crippen LogP contribution in [0.15, 0.2) is 66.7 Å². The highest BCUT2D eigenvalue weighted by Gasteiger charge is 2.47. The molecular weight excluding hydrogens is 660 g/mol. The van der Waals surface area contributed by atoms with Crippen molar-refractivity contribution in [1.29, 1.82) is 0 Å². The quantitative estimate of drug-likeness (QED) is 0.109. The number of aliphatic hydroxyl groups is 2. The van der Waals surface area contributed by atoms with Crippen LogP contribution in [0, 0.1) is 11.8 Å². The molecule has 1 fully saturated rings. The molecule has 0 bridgehead atoms. The van der Waals surface area contributed by atoms with E-state index < -0.39 is 30.1 Å². The first-order valence-corrected chi connectivity index (χ1v) is 18.6. The largest absolute Gasteiger partial charge is 0.508 e. The lowest BCUT2D eigenvalue weighted by Gasteiger charge is -2.45. The maximum atomic E-state index is 12.4. The van der Waals surface area contributed by atoms with Crippen LogP contribution in [-0.4, -0.2) is 60.1 Å². The zero-order valence-electron chi connectivity index (χ0n) is 30.2. The Morgan fingerprint density at radius 2 is 1.63 bits per heavy atom. The normalized spacial score (nSPS) is 22.6. The molecule has 1 aliphatic carbocycles. The summed E-state index contributed by atoms with van der Waals surface area (Å²) in [6, 6.07) is 20.2. The molecule has 2 heterocycles. The van der Waals surface area contributed by atoms with Crippen LogP contribution < -0.4 is 18.9 Å². The van der Waals surface area contributed by atoms with Gasteiger partial charge < -0.3 is 44.1 Å². The molecule has 2 aliphatic heterocycles. The maximum absolute atomic E-state index is 12.4. The highest BCUT2D eigenvalue weighted by molar-refractivity contribution is 5.72. The Morgan fingerprint density at radius 3 is 2.38 bits per heavy atom. The molecule has 7 rings (SSSR count). The number of hydrogen-bond acceptors (Lipinski definition) is 9. The fourth-order valence-electron chi connectivity index (χ4n) is 8.39. The van der Waals surface area contributed by atoms with Crippen LogP contribution in [0.5, 0.6) is 34.5 Å². The molecule has 4 aromatic rings. The fraction of sp³-hybridized carbons (Fsp3) is 0.442. The SMILES string of the molecule is CCc1cc(-c2cccc(O)c2)c(Cc2cc(OC3CCCC3)cc3c2OC[C@H]([C@@H]2[C@@H](CCCOC)Oc4ccc(OC)cc4[C@@H]2O)[C@@H]3O)cc1O. The zero-order valence-corrected chi connectivity index (χ0v) is 30.2. The number of hydrogen-bond donors (Lipinski definition) is 4. The zero-order chi connectivity index (χ0) is 36.4. The maximum Gasteiger partial charge on any atom is 0.128 e. The number of aromatic hydroxyl groups is 2. The van der Waals surface area contributed by atoms with E-state index in [-0.39, 0.29) is 24.2 Å².